The Labute approximate surface area is 115 Å². The molecule has 0 saturated carbocycles. The summed E-state index contributed by atoms with van der Waals surface area (Å²) in [5.41, 5.74) is 1.04. The lowest BCUT2D eigenvalue weighted by molar-refractivity contribution is -0.148. The highest BCUT2D eigenvalue weighted by Crippen LogP contribution is 2.20. The molecular formula is C14H16BrNO2. The third kappa shape index (κ3) is 2.93. The summed E-state index contributed by atoms with van der Waals surface area (Å²) in [6, 6.07) is 8.00. The molecule has 4 heteroatoms. The van der Waals surface area contributed by atoms with E-state index in [1.165, 1.54) is 0 Å². The Hall–Kier alpha value is -1.29. The SMILES string of the molecule is CCC(C)OC(=O)Cn1ccc2cc(Br)ccc21. The van der Waals surface area contributed by atoms with Crippen LogP contribution < -0.4 is 0 Å². The maximum Gasteiger partial charge on any atom is 0.326 e. The molecule has 0 fully saturated rings. The Morgan fingerprint density at radius 2 is 2.22 bits per heavy atom. The van der Waals surface area contributed by atoms with Gasteiger partial charge in [-0.25, -0.2) is 0 Å². The van der Waals surface area contributed by atoms with Crippen LogP contribution in [0.1, 0.15) is 20.3 Å². The molecule has 0 spiro atoms. The first-order valence-corrected chi connectivity index (χ1v) is 6.83. The van der Waals surface area contributed by atoms with Gasteiger partial charge >= 0.3 is 5.97 Å². The number of halogens is 1. The lowest BCUT2D eigenvalue weighted by atomic mass is 10.2. The van der Waals surface area contributed by atoms with E-state index in [4.69, 9.17) is 4.74 Å². The molecule has 1 unspecified atom stereocenters. The third-order valence-corrected chi connectivity index (χ3v) is 3.43. The average Bonchev–Trinajstić information content (AvgIpc) is 2.71. The van der Waals surface area contributed by atoms with Gasteiger partial charge in [0.05, 0.1) is 6.10 Å². The Morgan fingerprint density at radius 1 is 1.44 bits per heavy atom. The van der Waals surface area contributed by atoms with Gasteiger partial charge in [-0.15, -0.1) is 0 Å². The van der Waals surface area contributed by atoms with Crippen molar-refractivity contribution in [2.75, 3.05) is 0 Å². The molecule has 0 aliphatic rings. The van der Waals surface area contributed by atoms with E-state index in [2.05, 4.69) is 15.9 Å². The molecule has 1 aromatic heterocycles. The second-order valence-corrected chi connectivity index (χ2v) is 5.27. The number of benzene rings is 1. The Bertz CT molecular complexity index is 562. The largest absolute Gasteiger partial charge is 0.461 e. The molecule has 18 heavy (non-hydrogen) atoms. The third-order valence-electron chi connectivity index (χ3n) is 2.94. The number of nitrogens with zero attached hydrogens (tertiary/aromatic N) is 1. The molecule has 1 heterocycles. The van der Waals surface area contributed by atoms with Gasteiger partial charge in [-0.2, -0.15) is 0 Å². The monoisotopic (exact) mass is 309 g/mol. The van der Waals surface area contributed by atoms with Gasteiger partial charge in [0.2, 0.25) is 0 Å². The molecule has 1 aromatic carbocycles. The number of carbonyl (C=O) groups is 1. The molecule has 3 nitrogen and oxygen atoms in total. The van der Waals surface area contributed by atoms with Crippen LogP contribution in [-0.2, 0) is 16.1 Å². The summed E-state index contributed by atoms with van der Waals surface area (Å²) in [7, 11) is 0. The van der Waals surface area contributed by atoms with Crippen molar-refractivity contribution in [3.05, 3.63) is 34.9 Å². The molecule has 0 saturated heterocycles. The minimum absolute atomic E-state index is 0.0199. The number of fused-ring (bicyclic) bond motifs is 1. The van der Waals surface area contributed by atoms with Crippen LogP contribution in [0.25, 0.3) is 10.9 Å². The molecule has 2 aromatic rings. The number of hydrogen-bond donors (Lipinski definition) is 0. The summed E-state index contributed by atoms with van der Waals surface area (Å²) in [6.45, 7) is 4.17. The fourth-order valence-corrected chi connectivity index (χ4v) is 2.17. The van der Waals surface area contributed by atoms with Gasteiger partial charge in [0, 0.05) is 21.6 Å². The highest BCUT2D eigenvalue weighted by atomic mass is 79.9. The molecule has 0 radical (unpaired) electrons. The van der Waals surface area contributed by atoms with Crippen molar-refractivity contribution in [3.63, 3.8) is 0 Å². The molecule has 1 atom stereocenters. The van der Waals surface area contributed by atoms with E-state index in [9.17, 15) is 4.79 Å². The lowest BCUT2D eigenvalue weighted by Crippen LogP contribution is -2.18. The molecule has 0 bridgehead atoms. The van der Waals surface area contributed by atoms with Crippen LogP contribution in [0, 0.1) is 0 Å². The lowest BCUT2D eigenvalue weighted by Gasteiger charge is -2.11. The van der Waals surface area contributed by atoms with Gasteiger partial charge < -0.3 is 9.30 Å². The second kappa shape index (κ2) is 5.57. The van der Waals surface area contributed by atoms with Crippen LogP contribution in [0.15, 0.2) is 34.9 Å². The van der Waals surface area contributed by atoms with Gasteiger partial charge in [0.1, 0.15) is 6.54 Å². The zero-order chi connectivity index (χ0) is 13.1. The minimum atomic E-state index is -0.190. The zero-order valence-electron chi connectivity index (χ0n) is 10.5. The van der Waals surface area contributed by atoms with Crippen LogP contribution in [0.3, 0.4) is 0 Å². The minimum Gasteiger partial charge on any atom is -0.461 e. The van der Waals surface area contributed by atoms with Gasteiger partial charge in [0.15, 0.2) is 0 Å². The molecular weight excluding hydrogens is 294 g/mol. The van der Waals surface area contributed by atoms with E-state index in [0.717, 1.165) is 21.8 Å². The standard InChI is InChI=1S/C14H16BrNO2/c1-3-10(2)18-14(17)9-16-7-6-11-8-12(15)4-5-13(11)16/h4-8,10H,3,9H2,1-2H3. The summed E-state index contributed by atoms with van der Waals surface area (Å²) >= 11 is 3.43. The smallest absolute Gasteiger partial charge is 0.326 e. The van der Waals surface area contributed by atoms with Crippen molar-refractivity contribution < 1.29 is 9.53 Å². The molecule has 0 aliphatic heterocycles. The van der Waals surface area contributed by atoms with Crippen LogP contribution in [0.2, 0.25) is 0 Å². The van der Waals surface area contributed by atoms with E-state index in [-0.39, 0.29) is 18.6 Å². The highest BCUT2D eigenvalue weighted by Gasteiger charge is 2.10. The number of carbonyl (C=O) groups excluding carboxylic acids is 1. The second-order valence-electron chi connectivity index (χ2n) is 4.36. The van der Waals surface area contributed by atoms with Crippen LogP contribution in [-0.4, -0.2) is 16.6 Å². The van der Waals surface area contributed by atoms with Gasteiger partial charge in [-0.3, -0.25) is 4.79 Å². The van der Waals surface area contributed by atoms with E-state index in [1.54, 1.807) is 0 Å². The van der Waals surface area contributed by atoms with Crippen LogP contribution in [0.4, 0.5) is 0 Å². The first-order valence-electron chi connectivity index (χ1n) is 6.04. The van der Waals surface area contributed by atoms with Crippen molar-refractivity contribution in [3.8, 4) is 0 Å². The summed E-state index contributed by atoms with van der Waals surface area (Å²) in [6.07, 6.45) is 2.73. The fourth-order valence-electron chi connectivity index (χ4n) is 1.79. The molecule has 0 amide bonds. The van der Waals surface area contributed by atoms with E-state index < -0.39 is 0 Å². The normalized spacial score (nSPS) is 12.6. The first-order chi connectivity index (χ1) is 8.60. The number of ether oxygens (including phenoxy) is 1. The van der Waals surface area contributed by atoms with E-state index >= 15 is 0 Å². The van der Waals surface area contributed by atoms with Crippen molar-refractivity contribution in [1.29, 1.82) is 0 Å². The van der Waals surface area contributed by atoms with Crippen molar-refractivity contribution in [2.45, 2.75) is 32.9 Å². The zero-order valence-corrected chi connectivity index (χ0v) is 12.1. The Morgan fingerprint density at radius 3 is 2.94 bits per heavy atom. The van der Waals surface area contributed by atoms with Crippen molar-refractivity contribution in [2.24, 2.45) is 0 Å². The number of hydrogen-bond acceptors (Lipinski definition) is 2. The summed E-state index contributed by atoms with van der Waals surface area (Å²) in [4.78, 5) is 11.7. The van der Waals surface area contributed by atoms with Crippen LogP contribution >= 0.6 is 15.9 Å². The predicted molar refractivity (Wildman–Crippen MR) is 75.5 cm³/mol. The van der Waals surface area contributed by atoms with Crippen molar-refractivity contribution >= 4 is 32.8 Å². The highest BCUT2D eigenvalue weighted by molar-refractivity contribution is 9.10. The molecule has 96 valence electrons. The number of esters is 1. The average molecular weight is 310 g/mol. The van der Waals surface area contributed by atoms with Gasteiger partial charge in [-0.05, 0) is 37.6 Å². The maximum absolute atomic E-state index is 11.7. The quantitative estimate of drug-likeness (QED) is 0.806. The molecule has 2 rings (SSSR count). The fraction of sp³-hybridized carbons (Fsp3) is 0.357. The molecule has 0 N–H and O–H groups in total. The van der Waals surface area contributed by atoms with E-state index in [0.29, 0.717) is 0 Å². The van der Waals surface area contributed by atoms with Gasteiger partial charge in [0.25, 0.3) is 0 Å². The number of rotatable bonds is 4. The summed E-state index contributed by atoms with van der Waals surface area (Å²) < 4.78 is 8.22. The van der Waals surface area contributed by atoms with Crippen LogP contribution in [0.5, 0.6) is 0 Å². The van der Waals surface area contributed by atoms with Crippen molar-refractivity contribution in [1.82, 2.24) is 4.57 Å². The Balaban J connectivity index is 2.15. The molecule has 0 aliphatic carbocycles. The number of aromatic nitrogens is 1. The summed E-state index contributed by atoms with van der Waals surface area (Å²) in [5.74, 6) is -0.190. The summed E-state index contributed by atoms with van der Waals surface area (Å²) in [5, 5.41) is 1.11. The maximum atomic E-state index is 11.7. The Kier molecular flexibility index (Phi) is 4.07. The van der Waals surface area contributed by atoms with E-state index in [1.807, 2.05) is 48.9 Å². The van der Waals surface area contributed by atoms with Gasteiger partial charge in [-0.1, -0.05) is 22.9 Å². The first kappa shape index (κ1) is 13.1. The predicted octanol–water partition coefficient (Wildman–Crippen LogP) is 3.75. The topological polar surface area (TPSA) is 31.2 Å².